The topological polar surface area (TPSA) is 72.6 Å². The van der Waals surface area contributed by atoms with Crippen molar-refractivity contribution >= 4 is 5.97 Å². The summed E-state index contributed by atoms with van der Waals surface area (Å²) in [5, 5.41) is 12.3. The van der Waals surface area contributed by atoms with Crippen LogP contribution in [0.15, 0.2) is 10.6 Å². The molecule has 0 radical (unpaired) electrons. The molecule has 1 rings (SSSR count). The van der Waals surface area contributed by atoms with E-state index in [0.717, 1.165) is 0 Å². The van der Waals surface area contributed by atoms with Gasteiger partial charge < -0.3 is 14.4 Å². The molecule has 0 amide bonds. The maximum atomic E-state index is 10.4. The summed E-state index contributed by atoms with van der Waals surface area (Å²) >= 11 is 0. The quantitative estimate of drug-likeness (QED) is 0.557. The molecule has 0 fully saturated rings. The number of hydrogen-bond donors (Lipinski definition) is 1. The van der Waals surface area contributed by atoms with E-state index in [1.807, 2.05) is 0 Å². The summed E-state index contributed by atoms with van der Waals surface area (Å²) in [5.74, 6) is 0.416. The van der Waals surface area contributed by atoms with Crippen molar-refractivity contribution in [3.63, 3.8) is 0 Å². The maximum absolute atomic E-state index is 10.4. The number of aliphatic hydroxyl groups excluding tert-OH is 1. The summed E-state index contributed by atoms with van der Waals surface area (Å²) < 4.78 is 9.66. The molecule has 0 atom stereocenters. The summed E-state index contributed by atoms with van der Waals surface area (Å²) in [6.07, 6.45) is 1.35. The molecule has 1 aromatic heterocycles. The monoisotopic (exact) mass is 199 g/mol. The van der Waals surface area contributed by atoms with Crippen LogP contribution in [0, 0.1) is 0 Å². The molecular formula is C9H13NO4. The Morgan fingerprint density at radius 3 is 3.07 bits per heavy atom. The van der Waals surface area contributed by atoms with Gasteiger partial charge in [-0.3, -0.25) is 4.79 Å². The highest BCUT2D eigenvalue weighted by molar-refractivity contribution is 5.65. The van der Waals surface area contributed by atoms with Gasteiger partial charge in [0.15, 0.2) is 0 Å². The van der Waals surface area contributed by atoms with E-state index in [2.05, 4.69) is 5.16 Å². The van der Waals surface area contributed by atoms with Crippen molar-refractivity contribution in [3.05, 3.63) is 17.5 Å². The van der Waals surface area contributed by atoms with Crippen LogP contribution in [-0.4, -0.2) is 22.8 Å². The van der Waals surface area contributed by atoms with E-state index in [0.29, 0.717) is 30.9 Å². The van der Waals surface area contributed by atoms with Gasteiger partial charge >= 0.3 is 5.97 Å². The van der Waals surface area contributed by atoms with Crippen molar-refractivity contribution in [1.29, 1.82) is 0 Å². The second-order valence-corrected chi connectivity index (χ2v) is 2.89. The molecule has 5 heteroatoms. The molecule has 0 saturated heterocycles. The molecule has 0 aromatic carbocycles. The first-order valence-electron chi connectivity index (χ1n) is 4.41. The second kappa shape index (κ2) is 5.39. The summed E-state index contributed by atoms with van der Waals surface area (Å²) in [6, 6.07) is 1.69. The molecule has 0 aliphatic rings. The Hall–Kier alpha value is -1.36. The zero-order chi connectivity index (χ0) is 10.4. The van der Waals surface area contributed by atoms with E-state index in [1.54, 1.807) is 6.07 Å². The molecule has 1 heterocycles. The molecule has 0 spiro atoms. The van der Waals surface area contributed by atoms with Gasteiger partial charge in [-0.05, 0) is 6.42 Å². The zero-order valence-electron chi connectivity index (χ0n) is 8.02. The average Bonchev–Trinajstić information content (AvgIpc) is 2.60. The molecule has 0 unspecified atom stereocenters. The first-order valence-corrected chi connectivity index (χ1v) is 4.41. The number of aliphatic hydroxyl groups is 1. The third-order valence-electron chi connectivity index (χ3n) is 1.64. The lowest BCUT2D eigenvalue weighted by molar-refractivity contribution is -0.141. The third-order valence-corrected chi connectivity index (χ3v) is 1.64. The highest BCUT2D eigenvalue weighted by atomic mass is 16.5. The molecule has 14 heavy (non-hydrogen) atoms. The Morgan fingerprint density at radius 2 is 2.50 bits per heavy atom. The predicted octanol–water partition coefficient (Wildman–Crippen LogP) is 0.663. The van der Waals surface area contributed by atoms with Crippen LogP contribution in [0.3, 0.4) is 0 Å². The lowest BCUT2D eigenvalue weighted by atomic mass is 10.2. The van der Waals surface area contributed by atoms with Crippen LogP contribution in [0.25, 0.3) is 0 Å². The van der Waals surface area contributed by atoms with Gasteiger partial charge in [-0.1, -0.05) is 5.16 Å². The van der Waals surface area contributed by atoms with E-state index in [9.17, 15) is 4.79 Å². The minimum Gasteiger partial charge on any atom is -0.466 e. The standard InChI is InChI=1S/C9H13NO4/c1-7(12)13-4-2-3-9-5-8(6-11)10-14-9/h5,11H,2-4,6H2,1H3. The molecule has 1 aromatic rings. The van der Waals surface area contributed by atoms with Crippen molar-refractivity contribution < 1.29 is 19.2 Å². The van der Waals surface area contributed by atoms with Gasteiger partial charge in [-0.2, -0.15) is 0 Å². The van der Waals surface area contributed by atoms with E-state index < -0.39 is 0 Å². The zero-order valence-corrected chi connectivity index (χ0v) is 8.02. The van der Waals surface area contributed by atoms with Crippen LogP contribution in [0.5, 0.6) is 0 Å². The molecule has 78 valence electrons. The number of aromatic nitrogens is 1. The van der Waals surface area contributed by atoms with Gasteiger partial charge in [0.05, 0.1) is 13.2 Å². The first-order chi connectivity index (χ1) is 6.72. The Bertz CT molecular complexity index is 295. The molecule has 0 bridgehead atoms. The second-order valence-electron chi connectivity index (χ2n) is 2.89. The lowest BCUT2D eigenvalue weighted by Crippen LogP contribution is -2.01. The Kier molecular flexibility index (Phi) is 4.12. The number of esters is 1. The van der Waals surface area contributed by atoms with Crippen LogP contribution < -0.4 is 0 Å². The summed E-state index contributed by atoms with van der Waals surface area (Å²) in [6.45, 7) is 1.64. The number of aryl methyl sites for hydroxylation is 1. The van der Waals surface area contributed by atoms with Crippen molar-refractivity contribution in [2.75, 3.05) is 6.61 Å². The van der Waals surface area contributed by atoms with E-state index in [1.165, 1.54) is 6.92 Å². The number of carbonyl (C=O) groups excluding carboxylic acids is 1. The Balaban J connectivity index is 2.21. The number of rotatable bonds is 5. The Labute approximate surface area is 81.7 Å². The SMILES string of the molecule is CC(=O)OCCCc1cc(CO)no1. The van der Waals surface area contributed by atoms with Crippen molar-refractivity contribution in [3.8, 4) is 0 Å². The number of carbonyl (C=O) groups is 1. The van der Waals surface area contributed by atoms with E-state index in [-0.39, 0.29) is 12.6 Å². The largest absolute Gasteiger partial charge is 0.466 e. The lowest BCUT2D eigenvalue weighted by Gasteiger charge is -1.98. The predicted molar refractivity (Wildman–Crippen MR) is 47.4 cm³/mol. The van der Waals surface area contributed by atoms with Gasteiger partial charge in [0, 0.05) is 19.4 Å². The van der Waals surface area contributed by atoms with Gasteiger partial charge in [0.1, 0.15) is 11.5 Å². The van der Waals surface area contributed by atoms with Crippen LogP contribution in [0.1, 0.15) is 24.8 Å². The van der Waals surface area contributed by atoms with Crippen molar-refractivity contribution in [2.45, 2.75) is 26.4 Å². The highest BCUT2D eigenvalue weighted by Crippen LogP contribution is 2.06. The van der Waals surface area contributed by atoms with Crippen LogP contribution >= 0.6 is 0 Å². The van der Waals surface area contributed by atoms with Crippen LogP contribution in [-0.2, 0) is 22.6 Å². The molecule has 1 N–H and O–H groups in total. The number of hydrogen-bond acceptors (Lipinski definition) is 5. The minimum absolute atomic E-state index is 0.118. The average molecular weight is 199 g/mol. The van der Waals surface area contributed by atoms with Crippen molar-refractivity contribution in [2.24, 2.45) is 0 Å². The first kappa shape index (κ1) is 10.7. The number of nitrogens with zero attached hydrogens (tertiary/aromatic N) is 1. The van der Waals surface area contributed by atoms with Gasteiger partial charge in [-0.15, -0.1) is 0 Å². The van der Waals surface area contributed by atoms with Gasteiger partial charge in [0.2, 0.25) is 0 Å². The summed E-state index contributed by atoms with van der Waals surface area (Å²) in [5.41, 5.74) is 0.521. The third kappa shape index (κ3) is 3.57. The normalized spacial score (nSPS) is 10.1. The van der Waals surface area contributed by atoms with Crippen LogP contribution in [0.2, 0.25) is 0 Å². The smallest absolute Gasteiger partial charge is 0.302 e. The summed E-state index contributed by atoms with van der Waals surface area (Å²) in [4.78, 5) is 10.4. The molecule has 0 saturated carbocycles. The number of ether oxygens (including phenoxy) is 1. The summed E-state index contributed by atoms with van der Waals surface area (Å²) in [7, 11) is 0. The van der Waals surface area contributed by atoms with Crippen LogP contribution in [0.4, 0.5) is 0 Å². The fourth-order valence-corrected chi connectivity index (χ4v) is 1.01. The highest BCUT2D eigenvalue weighted by Gasteiger charge is 2.02. The van der Waals surface area contributed by atoms with E-state index in [4.69, 9.17) is 14.4 Å². The minimum atomic E-state index is -0.279. The van der Waals surface area contributed by atoms with Gasteiger partial charge in [0.25, 0.3) is 0 Å². The fourth-order valence-electron chi connectivity index (χ4n) is 1.01. The Morgan fingerprint density at radius 1 is 1.71 bits per heavy atom. The molecular weight excluding hydrogens is 186 g/mol. The fraction of sp³-hybridized carbons (Fsp3) is 0.556. The van der Waals surface area contributed by atoms with E-state index >= 15 is 0 Å². The molecule has 0 aliphatic carbocycles. The van der Waals surface area contributed by atoms with Gasteiger partial charge in [-0.25, -0.2) is 0 Å². The maximum Gasteiger partial charge on any atom is 0.302 e. The molecule has 5 nitrogen and oxygen atoms in total. The van der Waals surface area contributed by atoms with Crippen molar-refractivity contribution in [1.82, 2.24) is 5.16 Å². The molecule has 0 aliphatic heterocycles.